The average Bonchev–Trinajstić information content (AvgIpc) is 2.85. The van der Waals surface area contributed by atoms with Gasteiger partial charge in [-0.05, 0) is 44.0 Å². The molecular formula is C17H25N3O. The summed E-state index contributed by atoms with van der Waals surface area (Å²) in [6.07, 6.45) is 2.53. The number of piperidine rings is 1. The molecular weight excluding hydrogens is 262 g/mol. The van der Waals surface area contributed by atoms with Gasteiger partial charge < -0.3 is 14.6 Å². The third kappa shape index (κ3) is 2.42. The van der Waals surface area contributed by atoms with E-state index in [9.17, 15) is 0 Å². The molecule has 4 heteroatoms. The summed E-state index contributed by atoms with van der Waals surface area (Å²) in [5, 5.41) is 3.53. The number of methoxy groups -OCH3 is 1. The monoisotopic (exact) mass is 287 g/mol. The van der Waals surface area contributed by atoms with Crippen LogP contribution in [-0.2, 0) is 12.5 Å². The number of imidazole rings is 1. The molecule has 2 heterocycles. The summed E-state index contributed by atoms with van der Waals surface area (Å²) in [6.45, 7) is 6.87. The zero-order valence-corrected chi connectivity index (χ0v) is 13.4. The minimum absolute atomic E-state index is 0.0639. The Bertz CT molecular complexity index is 639. The van der Waals surface area contributed by atoms with Crippen molar-refractivity contribution in [1.29, 1.82) is 0 Å². The first-order chi connectivity index (χ1) is 10.0. The molecule has 0 bridgehead atoms. The van der Waals surface area contributed by atoms with Crippen molar-refractivity contribution >= 4 is 11.0 Å². The summed E-state index contributed by atoms with van der Waals surface area (Å²) in [5.74, 6) is 2.66. The molecule has 1 N–H and O–H groups in total. The van der Waals surface area contributed by atoms with E-state index >= 15 is 0 Å². The van der Waals surface area contributed by atoms with Crippen LogP contribution in [0.4, 0.5) is 0 Å². The second-order valence-corrected chi connectivity index (χ2v) is 6.61. The van der Waals surface area contributed by atoms with Crippen molar-refractivity contribution in [2.45, 2.75) is 32.1 Å². The van der Waals surface area contributed by atoms with E-state index in [-0.39, 0.29) is 5.41 Å². The summed E-state index contributed by atoms with van der Waals surface area (Å²) >= 11 is 0. The maximum Gasteiger partial charge on any atom is 0.121 e. The van der Waals surface area contributed by atoms with Crippen molar-refractivity contribution in [2.75, 3.05) is 20.2 Å². The van der Waals surface area contributed by atoms with Gasteiger partial charge in [0, 0.05) is 18.5 Å². The lowest BCUT2D eigenvalue weighted by Crippen LogP contribution is -2.42. The fourth-order valence-electron chi connectivity index (χ4n) is 3.53. The molecule has 114 valence electrons. The molecule has 1 aliphatic heterocycles. The summed E-state index contributed by atoms with van der Waals surface area (Å²) in [7, 11) is 3.82. The number of benzene rings is 1. The molecule has 1 aromatic heterocycles. The van der Waals surface area contributed by atoms with Crippen molar-refractivity contribution in [3.05, 3.63) is 24.0 Å². The highest BCUT2D eigenvalue weighted by molar-refractivity contribution is 5.78. The Labute approximate surface area is 126 Å². The molecule has 0 aliphatic carbocycles. The normalized spacial score (nSPS) is 19.9. The number of nitrogens with zero attached hydrogens (tertiary/aromatic N) is 2. The quantitative estimate of drug-likeness (QED) is 0.943. The van der Waals surface area contributed by atoms with Crippen LogP contribution in [0.15, 0.2) is 18.2 Å². The van der Waals surface area contributed by atoms with Crippen LogP contribution in [0.5, 0.6) is 5.75 Å². The molecule has 0 spiro atoms. The van der Waals surface area contributed by atoms with Crippen LogP contribution in [0.3, 0.4) is 0 Å². The van der Waals surface area contributed by atoms with Crippen molar-refractivity contribution in [2.24, 2.45) is 13.0 Å². The number of nitrogens with one attached hydrogen (secondary N) is 1. The molecule has 1 aliphatic rings. The van der Waals surface area contributed by atoms with E-state index in [0.29, 0.717) is 5.92 Å². The molecule has 0 saturated carbocycles. The topological polar surface area (TPSA) is 39.1 Å². The zero-order valence-electron chi connectivity index (χ0n) is 13.4. The summed E-state index contributed by atoms with van der Waals surface area (Å²) in [6, 6.07) is 6.12. The van der Waals surface area contributed by atoms with Crippen LogP contribution < -0.4 is 10.1 Å². The molecule has 1 atom stereocenters. The Morgan fingerprint density at radius 1 is 1.38 bits per heavy atom. The second-order valence-electron chi connectivity index (χ2n) is 6.61. The Hall–Kier alpha value is -1.55. The maximum absolute atomic E-state index is 5.31. The number of aryl methyl sites for hydroxylation is 1. The summed E-state index contributed by atoms with van der Waals surface area (Å²) in [5.41, 5.74) is 2.25. The molecule has 1 fully saturated rings. The molecule has 1 saturated heterocycles. The van der Waals surface area contributed by atoms with Gasteiger partial charge >= 0.3 is 0 Å². The van der Waals surface area contributed by atoms with E-state index in [1.165, 1.54) is 24.2 Å². The van der Waals surface area contributed by atoms with Crippen LogP contribution in [0.1, 0.15) is 32.5 Å². The van der Waals surface area contributed by atoms with Gasteiger partial charge in [0.1, 0.15) is 11.6 Å². The Kier molecular flexibility index (Phi) is 3.66. The van der Waals surface area contributed by atoms with Crippen molar-refractivity contribution in [3.63, 3.8) is 0 Å². The van der Waals surface area contributed by atoms with Gasteiger partial charge in [0.2, 0.25) is 0 Å². The van der Waals surface area contributed by atoms with E-state index in [4.69, 9.17) is 9.72 Å². The number of ether oxygens (including phenoxy) is 1. The third-order valence-electron chi connectivity index (χ3n) is 4.98. The highest BCUT2D eigenvalue weighted by Gasteiger charge is 2.36. The predicted molar refractivity (Wildman–Crippen MR) is 85.9 cm³/mol. The fraction of sp³-hybridized carbons (Fsp3) is 0.588. The standard InChI is InChI=1S/C17H25N3O/c1-17(2,12-6-5-9-18-11-12)16-19-14-10-13(21-4)7-8-15(14)20(16)3/h7-8,10,12,18H,5-6,9,11H2,1-4H3. The van der Waals surface area contributed by atoms with E-state index in [1.54, 1.807) is 7.11 Å². The highest BCUT2D eigenvalue weighted by atomic mass is 16.5. The van der Waals surface area contributed by atoms with Gasteiger partial charge in [0.05, 0.1) is 18.1 Å². The van der Waals surface area contributed by atoms with Gasteiger partial charge in [-0.25, -0.2) is 4.98 Å². The van der Waals surface area contributed by atoms with Gasteiger partial charge in [0.15, 0.2) is 0 Å². The Morgan fingerprint density at radius 2 is 2.19 bits per heavy atom. The molecule has 0 amide bonds. The number of rotatable bonds is 3. The predicted octanol–water partition coefficient (Wildman–Crippen LogP) is 2.86. The molecule has 0 radical (unpaired) electrons. The van der Waals surface area contributed by atoms with Gasteiger partial charge in [-0.3, -0.25) is 0 Å². The van der Waals surface area contributed by atoms with E-state index in [2.05, 4.69) is 36.8 Å². The van der Waals surface area contributed by atoms with Gasteiger partial charge in [-0.15, -0.1) is 0 Å². The minimum Gasteiger partial charge on any atom is -0.497 e. The largest absolute Gasteiger partial charge is 0.497 e. The van der Waals surface area contributed by atoms with Crippen molar-refractivity contribution < 1.29 is 4.74 Å². The summed E-state index contributed by atoms with van der Waals surface area (Å²) in [4.78, 5) is 4.92. The SMILES string of the molecule is COc1ccc2c(c1)nc(C(C)(C)C1CCCNC1)n2C. The van der Waals surface area contributed by atoms with Crippen LogP contribution in [-0.4, -0.2) is 29.8 Å². The Morgan fingerprint density at radius 3 is 2.86 bits per heavy atom. The number of fused-ring (bicyclic) bond motifs is 1. The molecule has 1 aromatic carbocycles. The minimum atomic E-state index is 0.0639. The Balaban J connectivity index is 2.04. The van der Waals surface area contributed by atoms with Crippen molar-refractivity contribution in [3.8, 4) is 5.75 Å². The number of hydrogen-bond donors (Lipinski definition) is 1. The average molecular weight is 287 g/mol. The summed E-state index contributed by atoms with van der Waals surface area (Å²) < 4.78 is 7.55. The van der Waals surface area contributed by atoms with Crippen LogP contribution in [0.25, 0.3) is 11.0 Å². The van der Waals surface area contributed by atoms with Crippen LogP contribution in [0, 0.1) is 5.92 Å². The van der Waals surface area contributed by atoms with E-state index in [1.807, 2.05) is 12.1 Å². The first kappa shape index (κ1) is 14.4. The van der Waals surface area contributed by atoms with Gasteiger partial charge in [0.25, 0.3) is 0 Å². The number of hydrogen-bond acceptors (Lipinski definition) is 3. The number of aromatic nitrogens is 2. The molecule has 1 unspecified atom stereocenters. The fourth-order valence-corrected chi connectivity index (χ4v) is 3.53. The van der Waals surface area contributed by atoms with Gasteiger partial charge in [-0.2, -0.15) is 0 Å². The first-order valence-electron chi connectivity index (χ1n) is 7.75. The van der Waals surface area contributed by atoms with E-state index in [0.717, 1.165) is 24.4 Å². The van der Waals surface area contributed by atoms with E-state index < -0.39 is 0 Å². The molecule has 2 aromatic rings. The highest BCUT2D eigenvalue weighted by Crippen LogP contribution is 2.36. The first-order valence-corrected chi connectivity index (χ1v) is 7.75. The lowest BCUT2D eigenvalue weighted by Gasteiger charge is -2.36. The van der Waals surface area contributed by atoms with Crippen molar-refractivity contribution in [1.82, 2.24) is 14.9 Å². The third-order valence-corrected chi connectivity index (χ3v) is 4.98. The smallest absolute Gasteiger partial charge is 0.121 e. The lowest BCUT2D eigenvalue weighted by atomic mass is 9.74. The molecule has 3 rings (SSSR count). The maximum atomic E-state index is 5.31. The van der Waals surface area contributed by atoms with Crippen LogP contribution in [0.2, 0.25) is 0 Å². The van der Waals surface area contributed by atoms with Crippen LogP contribution >= 0.6 is 0 Å². The lowest BCUT2D eigenvalue weighted by molar-refractivity contribution is 0.238. The van der Waals surface area contributed by atoms with Gasteiger partial charge in [-0.1, -0.05) is 13.8 Å². The molecule has 21 heavy (non-hydrogen) atoms. The second kappa shape index (κ2) is 5.34. The zero-order chi connectivity index (χ0) is 15.0. The molecule has 4 nitrogen and oxygen atoms in total.